The highest BCUT2D eigenvalue weighted by molar-refractivity contribution is 6.02. The van der Waals surface area contributed by atoms with E-state index in [2.05, 4.69) is 21.3 Å². The van der Waals surface area contributed by atoms with Gasteiger partial charge < -0.3 is 36.4 Å². The molecule has 220 valence electrons. The van der Waals surface area contributed by atoms with Crippen LogP contribution < -0.4 is 21.3 Å². The van der Waals surface area contributed by atoms with Crippen molar-refractivity contribution in [1.82, 2.24) is 31.1 Å². The van der Waals surface area contributed by atoms with E-state index in [1.165, 1.54) is 4.90 Å². The molecule has 0 radical (unpaired) electrons. The summed E-state index contributed by atoms with van der Waals surface area (Å²) in [6.07, 6.45) is 0.181. The molecule has 0 aliphatic carbocycles. The number of amides is 3. The summed E-state index contributed by atoms with van der Waals surface area (Å²) in [4.78, 5) is 40.9. The van der Waals surface area contributed by atoms with Gasteiger partial charge in [-0.15, -0.1) is 0 Å². The van der Waals surface area contributed by atoms with Crippen molar-refractivity contribution in [1.29, 1.82) is 10.8 Å². The van der Waals surface area contributed by atoms with Crippen LogP contribution in [0.1, 0.15) is 48.2 Å². The Bertz CT molecular complexity index is 1480. The van der Waals surface area contributed by atoms with E-state index in [0.29, 0.717) is 5.56 Å². The van der Waals surface area contributed by atoms with Gasteiger partial charge >= 0.3 is 0 Å². The fraction of sp³-hybridized carbons (Fsp3) is 0.414. The molecule has 13 heteroatoms. The van der Waals surface area contributed by atoms with Crippen molar-refractivity contribution < 1.29 is 24.6 Å². The lowest BCUT2D eigenvalue weighted by Crippen LogP contribution is -2.81. The molecule has 8 N–H and O–H groups in total. The molecule has 0 bridgehead atoms. The Labute approximate surface area is 242 Å². The largest absolute Gasteiger partial charge is 0.361 e. The lowest BCUT2D eigenvalue weighted by Gasteiger charge is -2.51. The number of hydrogen-bond acceptors (Lipinski definition) is 7. The number of rotatable bonds is 6. The third kappa shape index (κ3) is 3.95. The van der Waals surface area contributed by atoms with Crippen LogP contribution in [0.15, 0.2) is 54.6 Å². The molecular weight excluding hydrogens is 540 g/mol. The summed E-state index contributed by atoms with van der Waals surface area (Å²) >= 11 is 0. The van der Waals surface area contributed by atoms with Crippen molar-refractivity contribution in [3.8, 4) is 0 Å². The second kappa shape index (κ2) is 9.53. The molecule has 1 spiro atoms. The van der Waals surface area contributed by atoms with Gasteiger partial charge in [-0.2, -0.15) is 0 Å². The van der Waals surface area contributed by atoms with Gasteiger partial charge in [0.25, 0.3) is 5.91 Å². The Kier molecular flexibility index (Phi) is 6.28. The zero-order chi connectivity index (χ0) is 30.0. The lowest BCUT2D eigenvalue weighted by molar-refractivity contribution is -0.232. The first-order chi connectivity index (χ1) is 19.9. The van der Waals surface area contributed by atoms with Crippen molar-refractivity contribution in [3.05, 3.63) is 71.3 Å². The lowest BCUT2D eigenvalue weighted by atomic mass is 9.76. The summed E-state index contributed by atoms with van der Waals surface area (Å²) in [6, 6.07) is 13.8. The van der Waals surface area contributed by atoms with Gasteiger partial charge in [-0.1, -0.05) is 62.4 Å². The Morgan fingerprint density at radius 2 is 1.67 bits per heavy atom. The fourth-order valence-corrected chi connectivity index (χ4v) is 6.83. The third-order valence-corrected chi connectivity index (χ3v) is 9.08. The molecule has 4 atom stereocenters. The molecule has 4 aliphatic rings. The summed E-state index contributed by atoms with van der Waals surface area (Å²) in [5.41, 5.74) is -0.271. The van der Waals surface area contributed by atoms with Gasteiger partial charge in [0.2, 0.25) is 17.6 Å². The van der Waals surface area contributed by atoms with Gasteiger partial charge in [0.15, 0.2) is 17.6 Å². The average Bonchev–Trinajstić information content (AvgIpc) is 3.56. The maximum atomic E-state index is 13.8. The number of carbonyl (C=O) groups is 3. The maximum absolute atomic E-state index is 13.8. The number of likely N-dealkylation sites (tertiary alicyclic amines) is 1. The molecule has 4 heterocycles. The SMILES string of the molecule is CC(C)(c1ccccc1)c1ccccc1C(=O)N[C@H]1CN2C(=N)N[C@@H](CN3C(=O)CCC3=O)C3NC(=N)NC32C1(O)O. The first-order valence-corrected chi connectivity index (χ1v) is 13.9. The van der Waals surface area contributed by atoms with Crippen LogP contribution in [0, 0.1) is 10.8 Å². The van der Waals surface area contributed by atoms with Crippen LogP contribution in [0.2, 0.25) is 0 Å². The molecule has 13 nitrogen and oxygen atoms in total. The van der Waals surface area contributed by atoms with Crippen LogP contribution in [0.4, 0.5) is 0 Å². The second-order valence-corrected chi connectivity index (χ2v) is 11.8. The third-order valence-electron chi connectivity index (χ3n) is 9.08. The summed E-state index contributed by atoms with van der Waals surface area (Å²) in [6.45, 7) is 3.73. The highest BCUT2D eigenvalue weighted by atomic mass is 16.5. The molecule has 4 aliphatic heterocycles. The van der Waals surface area contributed by atoms with Gasteiger partial charge in [-0.05, 0) is 17.2 Å². The van der Waals surface area contributed by atoms with E-state index < -0.39 is 40.9 Å². The molecule has 42 heavy (non-hydrogen) atoms. The summed E-state index contributed by atoms with van der Waals surface area (Å²) in [5, 5.41) is 52.0. The molecule has 0 aromatic heterocycles. The Morgan fingerprint density at radius 3 is 2.36 bits per heavy atom. The minimum absolute atomic E-state index is 0.0903. The number of hydrogen-bond donors (Lipinski definition) is 8. The second-order valence-electron chi connectivity index (χ2n) is 11.8. The standard InChI is InChI=1S/C29H34N8O5/c1-27(2,16-8-4-3-5-9-16)18-11-7-6-10-17(18)24(40)33-20-15-37-26(31)32-19(14-36-21(38)12-13-22(36)39)23-28(37,29(20,41)42)35-25(30)34-23/h3-11,19-20,23,41-42H,12-15H2,1-2H3,(H2,31,32)(H,33,40)(H3,30,34,35)/t19-,20-,23?,28?/m0/s1. The van der Waals surface area contributed by atoms with Gasteiger partial charge in [-0.25, -0.2) is 0 Å². The summed E-state index contributed by atoms with van der Waals surface area (Å²) in [5.74, 6) is -4.32. The van der Waals surface area contributed by atoms with E-state index in [9.17, 15) is 24.6 Å². The van der Waals surface area contributed by atoms with E-state index >= 15 is 0 Å². The zero-order valence-electron chi connectivity index (χ0n) is 23.3. The highest BCUT2D eigenvalue weighted by Gasteiger charge is 2.74. The molecule has 3 amide bonds. The monoisotopic (exact) mass is 574 g/mol. The average molecular weight is 575 g/mol. The van der Waals surface area contributed by atoms with Gasteiger partial charge in [0.1, 0.15) is 6.04 Å². The zero-order valence-corrected chi connectivity index (χ0v) is 23.3. The molecule has 2 aromatic carbocycles. The van der Waals surface area contributed by atoms with E-state index in [0.717, 1.165) is 16.0 Å². The maximum Gasteiger partial charge on any atom is 0.252 e. The minimum Gasteiger partial charge on any atom is -0.361 e. The van der Waals surface area contributed by atoms with Gasteiger partial charge in [0, 0.05) is 30.4 Å². The molecule has 4 fully saturated rings. The molecule has 2 unspecified atom stereocenters. The van der Waals surface area contributed by atoms with Crippen molar-refractivity contribution in [2.75, 3.05) is 13.1 Å². The minimum atomic E-state index is -2.68. The van der Waals surface area contributed by atoms with Crippen LogP contribution in [0.25, 0.3) is 0 Å². The highest BCUT2D eigenvalue weighted by Crippen LogP contribution is 2.43. The summed E-state index contributed by atoms with van der Waals surface area (Å²) in [7, 11) is 0. The summed E-state index contributed by atoms with van der Waals surface area (Å²) < 4.78 is 0. The Hall–Kier alpha value is -4.49. The van der Waals surface area contributed by atoms with Crippen LogP contribution in [-0.4, -0.2) is 92.3 Å². The van der Waals surface area contributed by atoms with Gasteiger partial charge in [0.05, 0.1) is 18.6 Å². The number of benzene rings is 2. The van der Waals surface area contributed by atoms with Crippen LogP contribution in [0.3, 0.4) is 0 Å². The number of imide groups is 1. The molecule has 2 aromatic rings. The number of carbonyl (C=O) groups excluding carboxylic acids is 3. The van der Waals surface area contributed by atoms with E-state index in [1.54, 1.807) is 12.1 Å². The van der Waals surface area contributed by atoms with E-state index in [1.807, 2.05) is 56.3 Å². The first kappa shape index (κ1) is 27.7. The molecule has 4 saturated heterocycles. The topological polar surface area (TPSA) is 194 Å². The Morgan fingerprint density at radius 1 is 1.02 bits per heavy atom. The first-order valence-electron chi connectivity index (χ1n) is 13.9. The number of aliphatic hydroxyl groups is 2. The number of guanidine groups is 2. The van der Waals surface area contributed by atoms with Gasteiger partial charge in [-0.3, -0.25) is 30.1 Å². The normalized spacial score (nSPS) is 28.1. The van der Waals surface area contributed by atoms with Crippen LogP contribution in [-0.2, 0) is 15.0 Å². The van der Waals surface area contributed by atoms with Crippen molar-refractivity contribution in [2.24, 2.45) is 0 Å². The van der Waals surface area contributed by atoms with Crippen LogP contribution >= 0.6 is 0 Å². The molecular formula is C29H34N8O5. The van der Waals surface area contributed by atoms with Crippen LogP contribution in [0.5, 0.6) is 0 Å². The predicted molar refractivity (Wildman–Crippen MR) is 151 cm³/mol. The quantitative estimate of drug-likeness (QED) is 0.164. The van der Waals surface area contributed by atoms with E-state index in [4.69, 9.17) is 10.8 Å². The molecule has 6 rings (SSSR count). The smallest absolute Gasteiger partial charge is 0.252 e. The van der Waals surface area contributed by atoms with Crippen molar-refractivity contribution >= 4 is 29.6 Å². The van der Waals surface area contributed by atoms with Crippen molar-refractivity contribution in [3.63, 3.8) is 0 Å². The fourth-order valence-electron chi connectivity index (χ4n) is 6.83. The van der Waals surface area contributed by atoms with Crippen molar-refractivity contribution in [2.45, 2.75) is 61.7 Å². The van der Waals surface area contributed by atoms with E-state index in [-0.39, 0.29) is 49.7 Å². The number of nitrogens with one attached hydrogen (secondary N) is 6. The predicted octanol–water partition coefficient (Wildman–Crippen LogP) is -0.645. The number of nitrogens with zero attached hydrogens (tertiary/aromatic N) is 2. The Balaban J connectivity index is 1.31. The molecule has 0 saturated carbocycles.